The lowest BCUT2D eigenvalue weighted by Gasteiger charge is -2.08. The molecule has 6 nitrogen and oxygen atoms in total. The second-order valence-electron chi connectivity index (χ2n) is 5.21. The Morgan fingerprint density at radius 2 is 1.85 bits per heavy atom. The molecule has 1 aromatic heterocycles. The van der Waals surface area contributed by atoms with Gasteiger partial charge in [0.1, 0.15) is 12.4 Å². The number of hydrogen-bond acceptors (Lipinski definition) is 6. The summed E-state index contributed by atoms with van der Waals surface area (Å²) in [6.07, 6.45) is 0. The Morgan fingerprint density at radius 3 is 2.58 bits per heavy atom. The lowest BCUT2D eigenvalue weighted by atomic mass is 10.2. The third kappa shape index (κ3) is 4.45. The van der Waals surface area contributed by atoms with Crippen LogP contribution < -0.4 is 9.46 Å². The fourth-order valence-electron chi connectivity index (χ4n) is 2.08. The minimum atomic E-state index is -3.81. The Balaban J connectivity index is 1.69. The highest BCUT2D eigenvalue weighted by Crippen LogP contribution is 2.26. The van der Waals surface area contributed by atoms with Crippen molar-refractivity contribution in [3.8, 4) is 5.75 Å². The van der Waals surface area contributed by atoms with Crippen LogP contribution in [0.5, 0.6) is 5.75 Å². The van der Waals surface area contributed by atoms with Crippen molar-refractivity contribution < 1.29 is 13.2 Å². The van der Waals surface area contributed by atoms with E-state index in [-0.39, 0.29) is 16.6 Å². The fourth-order valence-corrected chi connectivity index (χ4v) is 4.59. The van der Waals surface area contributed by atoms with E-state index in [1.165, 1.54) is 6.07 Å². The number of benzene rings is 2. The van der Waals surface area contributed by atoms with Gasteiger partial charge in [-0.2, -0.15) is 0 Å². The average Bonchev–Trinajstić information content (AvgIpc) is 3.03. The van der Waals surface area contributed by atoms with Gasteiger partial charge in [0.25, 0.3) is 10.0 Å². The van der Waals surface area contributed by atoms with Crippen LogP contribution in [-0.2, 0) is 16.6 Å². The lowest BCUT2D eigenvalue weighted by Crippen LogP contribution is -2.14. The van der Waals surface area contributed by atoms with Gasteiger partial charge in [-0.25, -0.2) is 8.42 Å². The minimum absolute atomic E-state index is 0.0964. The number of sulfonamides is 1. The molecule has 0 bridgehead atoms. The van der Waals surface area contributed by atoms with Crippen LogP contribution in [0.4, 0.5) is 5.13 Å². The van der Waals surface area contributed by atoms with Gasteiger partial charge in [-0.15, -0.1) is 10.2 Å². The molecule has 3 rings (SSSR count). The zero-order valence-electron chi connectivity index (χ0n) is 13.4. The van der Waals surface area contributed by atoms with E-state index >= 15 is 0 Å². The first-order valence-electron chi connectivity index (χ1n) is 7.34. The van der Waals surface area contributed by atoms with Crippen molar-refractivity contribution >= 4 is 49.7 Å². The molecule has 0 radical (unpaired) electrons. The Kier molecular flexibility index (Phi) is 5.67. The summed E-state index contributed by atoms with van der Waals surface area (Å²) in [5, 5.41) is 9.45. The van der Waals surface area contributed by atoms with E-state index in [1.807, 2.05) is 0 Å². The molecule has 136 valence electrons. The third-order valence-corrected chi connectivity index (χ3v) is 6.46. The van der Waals surface area contributed by atoms with Crippen LogP contribution >= 0.6 is 34.5 Å². The van der Waals surface area contributed by atoms with Gasteiger partial charge < -0.3 is 4.74 Å². The highest BCUT2D eigenvalue weighted by atomic mass is 35.5. The summed E-state index contributed by atoms with van der Waals surface area (Å²) >= 11 is 12.9. The smallest absolute Gasteiger partial charge is 0.264 e. The van der Waals surface area contributed by atoms with Crippen LogP contribution in [0.2, 0.25) is 10.0 Å². The summed E-state index contributed by atoms with van der Waals surface area (Å²) in [4.78, 5) is 0.0964. The largest absolute Gasteiger partial charge is 0.486 e. The molecule has 0 unspecified atom stereocenters. The molecule has 10 heteroatoms. The van der Waals surface area contributed by atoms with Crippen molar-refractivity contribution in [2.75, 3.05) is 4.72 Å². The van der Waals surface area contributed by atoms with Crippen LogP contribution in [0.1, 0.15) is 10.6 Å². The molecule has 0 aliphatic carbocycles. The number of nitrogens with one attached hydrogen (secondary N) is 1. The second kappa shape index (κ2) is 7.79. The normalized spacial score (nSPS) is 11.3. The molecule has 2 aromatic carbocycles. The van der Waals surface area contributed by atoms with Gasteiger partial charge >= 0.3 is 0 Å². The Labute approximate surface area is 164 Å². The molecular formula is C16H13Cl2N3O3S2. The molecule has 3 aromatic rings. The van der Waals surface area contributed by atoms with Crippen LogP contribution in [0.3, 0.4) is 0 Å². The van der Waals surface area contributed by atoms with Crippen molar-refractivity contribution in [2.45, 2.75) is 18.4 Å². The zero-order valence-corrected chi connectivity index (χ0v) is 16.6. The summed E-state index contributed by atoms with van der Waals surface area (Å²) < 4.78 is 33.0. The van der Waals surface area contributed by atoms with Gasteiger partial charge in [0, 0.05) is 10.0 Å². The van der Waals surface area contributed by atoms with E-state index in [0.717, 1.165) is 11.3 Å². The first-order valence-corrected chi connectivity index (χ1v) is 10.4. The Bertz CT molecular complexity index is 1020. The van der Waals surface area contributed by atoms with Gasteiger partial charge in [0.15, 0.2) is 5.01 Å². The first-order chi connectivity index (χ1) is 12.3. The maximum atomic E-state index is 12.5. The molecule has 0 amide bonds. The van der Waals surface area contributed by atoms with Crippen molar-refractivity contribution in [1.29, 1.82) is 0 Å². The zero-order chi connectivity index (χ0) is 18.7. The van der Waals surface area contributed by atoms with E-state index in [2.05, 4.69) is 14.9 Å². The number of rotatable bonds is 6. The van der Waals surface area contributed by atoms with Crippen LogP contribution in [0, 0.1) is 6.92 Å². The SMILES string of the molecule is Cc1c(Cl)cccc1S(=O)(=O)Nc1nnc(COc2ccc(Cl)cc2)s1. The monoisotopic (exact) mass is 429 g/mol. The van der Waals surface area contributed by atoms with Gasteiger partial charge in [0.05, 0.1) is 4.90 Å². The third-order valence-electron chi connectivity index (χ3n) is 3.37. The number of anilines is 1. The molecule has 1 heterocycles. The van der Waals surface area contributed by atoms with Gasteiger partial charge in [-0.05, 0) is 48.9 Å². The number of halogens is 2. The van der Waals surface area contributed by atoms with Crippen molar-refractivity contribution in [3.63, 3.8) is 0 Å². The summed E-state index contributed by atoms with van der Waals surface area (Å²) in [6, 6.07) is 11.6. The van der Waals surface area contributed by atoms with Crippen molar-refractivity contribution in [3.05, 3.63) is 63.1 Å². The minimum Gasteiger partial charge on any atom is -0.486 e. The quantitative estimate of drug-likeness (QED) is 0.621. The predicted octanol–water partition coefficient (Wildman–Crippen LogP) is 4.53. The maximum absolute atomic E-state index is 12.5. The number of ether oxygens (including phenoxy) is 1. The van der Waals surface area contributed by atoms with Crippen molar-refractivity contribution in [1.82, 2.24) is 10.2 Å². The summed E-state index contributed by atoms with van der Waals surface area (Å²) in [6.45, 7) is 1.81. The van der Waals surface area contributed by atoms with Crippen molar-refractivity contribution in [2.24, 2.45) is 0 Å². The summed E-state index contributed by atoms with van der Waals surface area (Å²) in [7, 11) is -3.81. The van der Waals surface area contributed by atoms with E-state index in [9.17, 15) is 8.42 Å². The van der Waals surface area contributed by atoms with Crippen LogP contribution in [0.25, 0.3) is 0 Å². The second-order valence-corrected chi connectivity index (χ2v) is 8.77. The van der Waals surface area contributed by atoms with E-state index in [1.54, 1.807) is 43.3 Å². The van der Waals surface area contributed by atoms with Crippen LogP contribution in [-0.4, -0.2) is 18.6 Å². The number of hydrogen-bond donors (Lipinski definition) is 1. The maximum Gasteiger partial charge on any atom is 0.264 e. The molecule has 0 atom stereocenters. The van der Waals surface area contributed by atoms with E-state index in [0.29, 0.717) is 26.4 Å². The molecule has 26 heavy (non-hydrogen) atoms. The highest BCUT2D eigenvalue weighted by molar-refractivity contribution is 7.93. The molecule has 1 N–H and O–H groups in total. The fraction of sp³-hybridized carbons (Fsp3) is 0.125. The topological polar surface area (TPSA) is 81.2 Å². The predicted molar refractivity (Wildman–Crippen MR) is 103 cm³/mol. The standard InChI is InChI=1S/C16H13Cl2N3O3S2/c1-10-13(18)3-2-4-14(10)26(22,23)21-16-20-19-15(25-16)9-24-12-7-5-11(17)6-8-12/h2-8H,9H2,1H3,(H,20,21). The van der Waals surface area contributed by atoms with E-state index in [4.69, 9.17) is 27.9 Å². The summed E-state index contributed by atoms with van der Waals surface area (Å²) in [5.41, 5.74) is 0.470. The number of aromatic nitrogens is 2. The number of nitrogens with zero attached hydrogens (tertiary/aromatic N) is 2. The molecule has 0 fully saturated rings. The Morgan fingerprint density at radius 1 is 1.12 bits per heavy atom. The van der Waals surface area contributed by atoms with Gasteiger partial charge in [0.2, 0.25) is 5.13 Å². The van der Waals surface area contributed by atoms with Gasteiger partial charge in [-0.3, -0.25) is 4.72 Å². The van der Waals surface area contributed by atoms with E-state index < -0.39 is 10.0 Å². The molecule has 0 aliphatic rings. The average molecular weight is 430 g/mol. The highest BCUT2D eigenvalue weighted by Gasteiger charge is 2.20. The van der Waals surface area contributed by atoms with Crippen LogP contribution in [0.15, 0.2) is 47.4 Å². The molecule has 0 aliphatic heterocycles. The molecule has 0 spiro atoms. The molecule has 0 saturated carbocycles. The molecule has 0 saturated heterocycles. The Hall–Kier alpha value is -1.87. The molecular weight excluding hydrogens is 417 g/mol. The first kappa shape index (κ1) is 18.9. The summed E-state index contributed by atoms with van der Waals surface area (Å²) in [5.74, 6) is 0.626. The lowest BCUT2D eigenvalue weighted by molar-refractivity contribution is 0.304. The van der Waals surface area contributed by atoms with Gasteiger partial charge in [-0.1, -0.05) is 40.6 Å².